The molecule has 58 valence electrons. The van der Waals surface area contributed by atoms with Gasteiger partial charge in [-0.05, 0) is 5.56 Å². The Labute approximate surface area is 63.3 Å². The van der Waals surface area contributed by atoms with E-state index in [0.29, 0.717) is 5.56 Å². The lowest BCUT2D eigenvalue weighted by atomic mass is 10.2. The van der Waals surface area contributed by atoms with E-state index < -0.39 is 5.97 Å². The van der Waals surface area contributed by atoms with E-state index in [4.69, 9.17) is 10.3 Å². The van der Waals surface area contributed by atoms with Crippen LogP contribution in [-0.4, -0.2) is 16.3 Å². The first-order chi connectivity index (χ1) is 5.18. The summed E-state index contributed by atoms with van der Waals surface area (Å²) in [6.07, 6.45) is 2.76. The fourth-order valence-electron chi connectivity index (χ4n) is 0.742. The van der Waals surface area contributed by atoms with Crippen LogP contribution in [0, 0.1) is 0 Å². The summed E-state index contributed by atoms with van der Waals surface area (Å²) in [4.78, 5) is 10.2. The van der Waals surface area contributed by atoms with Crippen molar-refractivity contribution < 1.29 is 19.8 Å². The maximum absolute atomic E-state index is 10.2. The molecule has 0 aliphatic carbocycles. The summed E-state index contributed by atoms with van der Waals surface area (Å²) in [7, 11) is 0. The minimum atomic E-state index is -0.874. The number of rotatable bonds is 2. The molecule has 0 unspecified atom stereocenters. The van der Waals surface area contributed by atoms with Gasteiger partial charge in [-0.2, -0.15) is 0 Å². The van der Waals surface area contributed by atoms with Crippen LogP contribution in [0.1, 0.15) is 5.56 Å². The van der Waals surface area contributed by atoms with Gasteiger partial charge in [-0.1, -0.05) is 0 Å². The average molecular weight is 154 g/mol. The number of carboxylic acids is 1. The topological polar surface area (TPSA) is 61.4 Å². The Morgan fingerprint density at radius 1 is 1.45 bits per heavy atom. The molecule has 4 nitrogen and oxygen atoms in total. The molecule has 2 N–H and O–H groups in total. The molecule has 0 aliphatic rings. The number of carboxylic acid groups (broad SMARTS) is 1. The van der Waals surface area contributed by atoms with Crippen LogP contribution in [0.5, 0.6) is 0 Å². The number of hydrogen-bond donors (Lipinski definition) is 2. The number of aliphatic carboxylic acids is 1. The van der Waals surface area contributed by atoms with E-state index in [9.17, 15) is 4.79 Å². The molecular weight excluding hydrogens is 146 g/mol. The van der Waals surface area contributed by atoms with Gasteiger partial charge < -0.3 is 5.11 Å². The molecule has 0 amide bonds. The van der Waals surface area contributed by atoms with Gasteiger partial charge >= 0.3 is 5.97 Å². The molecule has 4 heteroatoms. The van der Waals surface area contributed by atoms with E-state index in [-0.39, 0.29) is 6.42 Å². The van der Waals surface area contributed by atoms with Gasteiger partial charge in [0, 0.05) is 16.9 Å². The predicted octanol–water partition coefficient (Wildman–Crippen LogP) is -0.162. The number of pyridine rings is 1. The maximum Gasteiger partial charge on any atom is 0.307 e. The molecule has 0 aliphatic heterocycles. The summed E-state index contributed by atoms with van der Waals surface area (Å²) >= 11 is 0. The van der Waals surface area contributed by atoms with Crippen molar-refractivity contribution in [2.75, 3.05) is 0 Å². The summed E-state index contributed by atoms with van der Waals surface area (Å²) in [5, 5.41) is 17.1. The predicted molar refractivity (Wildman–Crippen MR) is 35.2 cm³/mol. The highest BCUT2D eigenvalue weighted by Crippen LogP contribution is 1.95. The monoisotopic (exact) mass is 154 g/mol. The van der Waals surface area contributed by atoms with Gasteiger partial charge in [-0.25, -0.2) is 0 Å². The van der Waals surface area contributed by atoms with E-state index >= 15 is 0 Å². The second-order valence-corrected chi connectivity index (χ2v) is 2.16. The van der Waals surface area contributed by atoms with E-state index in [1.807, 2.05) is 0 Å². The van der Waals surface area contributed by atoms with E-state index in [2.05, 4.69) is 0 Å². The van der Waals surface area contributed by atoms with E-state index in [1.165, 1.54) is 12.4 Å². The Morgan fingerprint density at radius 3 is 2.45 bits per heavy atom. The van der Waals surface area contributed by atoms with Crippen LogP contribution in [0.2, 0.25) is 0 Å². The van der Waals surface area contributed by atoms with Gasteiger partial charge in [0.05, 0.1) is 6.42 Å². The molecule has 1 aromatic rings. The first-order valence-electron chi connectivity index (χ1n) is 3.10. The molecular formula is C7H8NO3+. The molecule has 0 bridgehead atoms. The van der Waals surface area contributed by atoms with Gasteiger partial charge in [-0.15, -0.1) is 0 Å². The number of carbonyl (C=O) groups is 1. The van der Waals surface area contributed by atoms with Crippen molar-refractivity contribution in [3.8, 4) is 0 Å². The maximum atomic E-state index is 10.2. The highest BCUT2D eigenvalue weighted by molar-refractivity contribution is 5.69. The van der Waals surface area contributed by atoms with Crippen LogP contribution in [0.15, 0.2) is 24.5 Å². The van der Waals surface area contributed by atoms with Crippen LogP contribution in [-0.2, 0) is 11.2 Å². The Balaban J connectivity index is 2.74. The van der Waals surface area contributed by atoms with Gasteiger partial charge in [0.2, 0.25) is 12.4 Å². The molecule has 0 atom stereocenters. The molecule has 0 saturated heterocycles. The van der Waals surface area contributed by atoms with Crippen molar-refractivity contribution in [2.24, 2.45) is 0 Å². The third-order valence-corrected chi connectivity index (χ3v) is 1.24. The lowest BCUT2D eigenvalue weighted by molar-refractivity contribution is -0.904. The number of aromatic nitrogens is 1. The molecule has 0 radical (unpaired) electrons. The largest absolute Gasteiger partial charge is 0.481 e. The molecule has 11 heavy (non-hydrogen) atoms. The summed E-state index contributed by atoms with van der Waals surface area (Å²) < 4.78 is 0.866. The first kappa shape index (κ1) is 7.53. The molecule has 0 aromatic carbocycles. The quantitative estimate of drug-likeness (QED) is 0.459. The Kier molecular flexibility index (Phi) is 2.06. The van der Waals surface area contributed by atoms with Gasteiger partial charge in [-0.3, -0.25) is 10.0 Å². The average Bonchev–Trinajstić information content (AvgIpc) is 1.93. The minimum absolute atomic E-state index is 0.0131. The van der Waals surface area contributed by atoms with Gasteiger partial charge in [0.1, 0.15) is 0 Å². The summed E-state index contributed by atoms with van der Waals surface area (Å²) in [6, 6.07) is 3.10. The zero-order chi connectivity index (χ0) is 8.27. The normalized spacial score (nSPS) is 9.45. The lowest BCUT2D eigenvalue weighted by Crippen LogP contribution is -2.28. The zero-order valence-electron chi connectivity index (χ0n) is 5.77. The molecule has 0 spiro atoms. The number of hydrogen-bond acceptors (Lipinski definition) is 2. The second-order valence-electron chi connectivity index (χ2n) is 2.16. The highest BCUT2D eigenvalue weighted by atomic mass is 16.5. The van der Waals surface area contributed by atoms with Crippen LogP contribution >= 0.6 is 0 Å². The Hall–Kier alpha value is -1.58. The molecule has 1 aromatic heterocycles. The summed E-state index contributed by atoms with van der Waals surface area (Å²) in [5.74, 6) is -0.874. The second kappa shape index (κ2) is 3.01. The summed E-state index contributed by atoms with van der Waals surface area (Å²) in [6.45, 7) is 0. The standard InChI is InChI=1S/C7H7NO3/c9-7(10)5-6-1-3-8(11)4-2-6/h1-4H,5H2,(H-,9,10,11)/p+1. The molecule has 1 heterocycles. The van der Waals surface area contributed by atoms with Crippen LogP contribution in [0.3, 0.4) is 0 Å². The fraction of sp³-hybridized carbons (Fsp3) is 0.143. The van der Waals surface area contributed by atoms with Gasteiger partial charge in [0.15, 0.2) is 0 Å². The zero-order valence-corrected chi connectivity index (χ0v) is 5.77. The third kappa shape index (κ3) is 2.25. The first-order valence-corrected chi connectivity index (χ1v) is 3.10. The van der Waals surface area contributed by atoms with Crippen molar-refractivity contribution in [1.82, 2.24) is 0 Å². The van der Waals surface area contributed by atoms with Gasteiger partial charge in [0.25, 0.3) is 0 Å². The third-order valence-electron chi connectivity index (χ3n) is 1.24. The highest BCUT2D eigenvalue weighted by Gasteiger charge is 2.01. The van der Waals surface area contributed by atoms with Crippen LogP contribution in [0.4, 0.5) is 0 Å². The smallest absolute Gasteiger partial charge is 0.307 e. The Morgan fingerprint density at radius 2 is 2.00 bits per heavy atom. The number of nitrogens with zero attached hydrogens (tertiary/aromatic N) is 1. The molecule has 0 fully saturated rings. The lowest BCUT2D eigenvalue weighted by Gasteiger charge is -1.91. The SMILES string of the molecule is O=C(O)Cc1cc[n+](O)cc1. The fourth-order valence-corrected chi connectivity index (χ4v) is 0.742. The summed E-state index contributed by atoms with van der Waals surface area (Å²) in [5.41, 5.74) is 0.669. The van der Waals surface area contributed by atoms with Crippen molar-refractivity contribution in [3.63, 3.8) is 0 Å². The van der Waals surface area contributed by atoms with Crippen LogP contribution < -0.4 is 4.73 Å². The van der Waals surface area contributed by atoms with Crippen LogP contribution in [0.25, 0.3) is 0 Å². The molecule has 0 saturated carbocycles. The van der Waals surface area contributed by atoms with E-state index in [0.717, 1.165) is 4.73 Å². The molecule has 1 rings (SSSR count). The van der Waals surface area contributed by atoms with Crippen molar-refractivity contribution in [3.05, 3.63) is 30.1 Å². The Bertz CT molecular complexity index is 255. The minimum Gasteiger partial charge on any atom is -0.481 e. The van der Waals surface area contributed by atoms with Crippen molar-refractivity contribution >= 4 is 5.97 Å². The van der Waals surface area contributed by atoms with E-state index in [1.54, 1.807) is 12.1 Å². The van der Waals surface area contributed by atoms with Crippen molar-refractivity contribution in [1.29, 1.82) is 0 Å². The van der Waals surface area contributed by atoms with Crippen molar-refractivity contribution in [2.45, 2.75) is 6.42 Å².